The zero-order valence-corrected chi connectivity index (χ0v) is 10.4. The highest BCUT2D eigenvalue weighted by molar-refractivity contribution is 5.93. The third kappa shape index (κ3) is 2.89. The second-order valence-corrected chi connectivity index (χ2v) is 4.86. The van der Waals surface area contributed by atoms with Crippen molar-refractivity contribution in [2.45, 2.75) is 38.3 Å². The molecule has 1 aliphatic rings. The molecule has 1 aromatic rings. The first-order valence-corrected chi connectivity index (χ1v) is 6.47. The van der Waals surface area contributed by atoms with E-state index in [1.807, 2.05) is 12.1 Å². The molecule has 98 valence electrons. The summed E-state index contributed by atoms with van der Waals surface area (Å²) in [4.78, 5) is 12.2. The van der Waals surface area contributed by atoms with Gasteiger partial charge >= 0.3 is 0 Å². The quantitative estimate of drug-likeness (QED) is 0.761. The zero-order chi connectivity index (χ0) is 13.0. The van der Waals surface area contributed by atoms with Crippen molar-refractivity contribution in [3.8, 4) is 0 Å². The van der Waals surface area contributed by atoms with Gasteiger partial charge in [-0.05, 0) is 18.9 Å². The maximum absolute atomic E-state index is 12.2. The number of carbonyl (C=O) groups excluding carboxylic acids is 1. The molecule has 0 heterocycles. The molecule has 18 heavy (non-hydrogen) atoms. The first-order valence-electron chi connectivity index (χ1n) is 6.47. The fourth-order valence-corrected chi connectivity index (χ4v) is 2.49. The van der Waals surface area contributed by atoms with E-state index in [0.29, 0.717) is 5.69 Å². The molecule has 0 saturated heterocycles. The third-order valence-electron chi connectivity index (χ3n) is 3.60. The van der Waals surface area contributed by atoms with Gasteiger partial charge < -0.3 is 16.2 Å². The van der Waals surface area contributed by atoms with Crippen LogP contribution in [0.4, 0.5) is 5.69 Å². The predicted molar refractivity (Wildman–Crippen MR) is 70.9 cm³/mol. The number of carbonyl (C=O) groups is 1. The molecule has 0 bridgehead atoms. The lowest BCUT2D eigenvalue weighted by atomic mass is 9.84. The van der Waals surface area contributed by atoms with E-state index in [0.717, 1.165) is 31.2 Å². The standard InChI is InChI=1S/C14H20N2O2/c15-12-7-3-2-6-11(12)14(18)16-13-8-4-1-5-10(13)9-17/h1,4-5,8,11-12,17H,2-3,6-7,9,15H2,(H,16,18). The van der Waals surface area contributed by atoms with Crippen LogP contribution >= 0.6 is 0 Å². The number of anilines is 1. The maximum atomic E-state index is 12.2. The van der Waals surface area contributed by atoms with Crippen molar-refractivity contribution in [2.75, 3.05) is 5.32 Å². The SMILES string of the molecule is NC1CCCCC1C(=O)Nc1ccccc1CO. The highest BCUT2D eigenvalue weighted by Crippen LogP contribution is 2.25. The second-order valence-electron chi connectivity index (χ2n) is 4.86. The van der Waals surface area contributed by atoms with Gasteiger partial charge in [0, 0.05) is 17.3 Å². The van der Waals surface area contributed by atoms with Gasteiger partial charge in [0.15, 0.2) is 0 Å². The van der Waals surface area contributed by atoms with E-state index < -0.39 is 0 Å². The van der Waals surface area contributed by atoms with Crippen LogP contribution in [0.3, 0.4) is 0 Å². The van der Waals surface area contributed by atoms with Gasteiger partial charge in [0.2, 0.25) is 5.91 Å². The summed E-state index contributed by atoms with van der Waals surface area (Å²) in [6, 6.07) is 7.25. The number of amides is 1. The van der Waals surface area contributed by atoms with E-state index >= 15 is 0 Å². The molecule has 2 atom stereocenters. The van der Waals surface area contributed by atoms with Gasteiger partial charge in [0.25, 0.3) is 0 Å². The topological polar surface area (TPSA) is 75.4 Å². The van der Waals surface area contributed by atoms with Gasteiger partial charge in [-0.2, -0.15) is 0 Å². The minimum Gasteiger partial charge on any atom is -0.392 e. The Morgan fingerprint density at radius 2 is 2.06 bits per heavy atom. The van der Waals surface area contributed by atoms with E-state index in [4.69, 9.17) is 5.73 Å². The van der Waals surface area contributed by atoms with Crippen LogP contribution in [-0.2, 0) is 11.4 Å². The lowest BCUT2D eigenvalue weighted by Gasteiger charge is -2.27. The van der Waals surface area contributed by atoms with Crippen LogP contribution in [0.25, 0.3) is 0 Å². The van der Waals surface area contributed by atoms with Crippen LogP contribution in [0.5, 0.6) is 0 Å². The molecular weight excluding hydrogens is 228 g/mol. The van der Waals surface area contributed by atoms with E-state index in [2.05, 4.69) is 5.32 Å². The average Bonchev–Trinajstić information content (AvgIpc) is 2.39. The van der Waals surface area contributed by atoms with Crippen molar-refractivity contribution in [3.05, 3.63) is 29.8 Å². The van der Waals surface area contributed by atoms with E-state index in [9.17, 15) is 9.90 Å². The molecule has 4 heteroatoms. The van der Waals surface area contributed by atoms with E-state index in [-0.39, 0.29) is 24.5 Å². The summed E-state index contributed by atoms with van der Waals surface area (Å²) in [7, 11) is 0. The summed E-state index contributed by atoms with van der Waals surface area (Å²) in [5, 5.41) is 12.1. The summed E-state index contributed by atoms with van der Waals surface area (Å²) < 4.78 is 0. The number of para-hydroxylation sites is 1. The van der Waals surface area contributed by atoms with Gasteiger partial charge in [-0.25, -0.2) is 0 Å². The summed E-state index contributed by atoms with van der Waals surface area (Å²) in [6.45, 7) is -0.0762. The molecule has 1 amide bonds. The fourth-order valence-electron chi connectivity index (χ4n) is 2.49. The molecule has 0 spiro atoms. The molecular formula is C14H20N2O2. The summed E-state index contributed by atoms with van der Waals surface area (Å²) in [5.41, 5.74) is 7.41. The van der Waals surface area contributed by atoms with Crippen molar-refractivity contribution < 1.29 is 9.90 Å². The third-order valence-corrected chi connectivity index (χ3v) is 3.60. The van der Waals surface area contributed by atoms with Crippen molar-refractivity contribution in [1.82, 2.24) is 0 Å². The first kappa shape index (κ1) is 13.1. The molecule has 0 radical (unpaired) electrons. The van der Waals surface area contributed by atoms with Crippen LogP contribution in [0.2, 0.25) is 0 Å². The molecule has 2 rings (SSSR count). The normalized spacial score (nSPS) is 23.7. The Morgan fingerprint density at radius 3 is 2.78 bits per heavy atom. The number of aliphatic hydroxyl groups excluding tert-OH is 1. The molecule has 1 aliphatic carbocycles. The highest BCUT2D eigenvalue weighted by atomic mass is 16.3. The molecule has 1 saturated carbocycles. The van der Waals surface area contributed by atoms with Crippen LogP contribution in [0, 0.1) is 5.92 Å². The Labute approximate surface area is 107 Å². The van der Waals surface area contributed by atoms with Gasteiger partial charge in [-0.15, -0.1) is 0 Å². The lowest BCUT2D eigenvalue weighted by Crippen LogP contribution is -2.40. The van der Waals surface area contributed by atoms with E-state index in [1.54, 1.807) is 12.1 Å². The zero-order valence-electron chi connectivity index (χ0n) is 10.4. The molecule has 0 aliphatic heterocycles. The number of rotatable bonds is 3. The molecule has 4 N–H and O–H groups in total. The van der Waals surface area contributed by atoms with Crippen molar-refractivity contribution in [1.29, 1.82) is 0 Å². The predicted octanol–water partition coefficient (Wildman–Crippen LogP) is 1.63. The molecule has 1 fully saturated rings. The van der Waals surface area contributed by atoms with Crippen LogP contribution in [0.15, 0.2) is 24.3 Å². The Balaban J connectivity index is 2.06. The van der Waals surface area contributed by atoms with Gasteiger partial charge in [0.1, 0.15) is 0 Å². The number of nitrogens with one attached hydrogen (secondary N) is 1. The van der Waals surface area contributed by atoms with Crippen molar-refractivity contribution >= 4 is 11.6 Å². The Hall–Kier alpha value is -1.39. The summed E-state index contributed by atoms with van der Waals surface area (Å²) in [6.07, 6.45) is 3.94. The highest BCUT2D eigenvalue weighted by Gasteiger charge is 2.28. The van der Waals surface area contributed by atoms with Crippen LogP contribution in [-0.4, -0.2) is 17.1 Å². The average molecular weight is 248 g/mol. The number of aliphatic hydroxyl groups is 1. The summed E-state index contributed by atoms with van der Waals surface area (Å²) >= 11 is 0. The Morgan fingerprint density at radius 1 is 1.33 bits per heavy atom. The summed E-state index contributed by atoms with van der Waals surface area (Å²) in [5.74, 6) is -0.131. The molecule has 4 nitrogen and oxygen atoms in total. The van der Waals surface area contributed by atoms with Gasteiger partial charge in [-0.1, -0.05) is 31.0 Å². The Kier molecular flexibility index (Phi) is 4.33. The van der Waals surface area contributed by atoms with E-state index in [1.165, 1.54) is 0 Å². The van der Waals surface area contributed by atoms with Gasteiger partial charge in [0.05, 0.1) is 12.5 Å². The maximum Gasteiger partial charge on any atom is 0.229 e. The first-order chi connectivity index (χ1) is 8.72. The number of hydrogen-bond acceptors (Lipinski definition) is 3. The smallest absolute Gasteiger partial charge is 0.229 e. The molecule has 0 aromatic heterocycles. The monoisotopic (exact) mass is 248 g/mol. The number of benzene rings is 1. The molecule has 1 aromatic carbocycles. The van der Waals surface area contributed by atoms with Gasteiger partial charge in [-0.3, -0.25) is 4.79 Å². The fraction of sp³-hybridized carbons (Fsp3) is 0.500. The van der Waals surface area contributed by atoms with Crippen molar-refractivity contribution in [3.63, 3.8) is 0 Å². The number of nitrogens with two attached hydrogens (primary N) is 1. The second kappa shape index (κ2) is 5.98. The minimum absolute atomic E-state index is 0.0249. The van der Waals surface area contributed by atoms with Crippen molar-refractivity contribution in [2.24, 2.45) is 11.7 Å². The minimum atomic E-state index is -0.106. The largest absolute Gasteiger partial charge is 0.392 e. The molecule has 2 unspecified atom stereocenters. The van der Waals surface area contributed by atoms with Crippen LogP contribution < -0.4 is 11.1 Å². The number of hydrogen-bond donors (Lipinski definition) is 3. The Bertz CT molecular complexity index is 420. The lowest BCUT2D eigenvalue weighted by molar-refractivity contribution is -0.121. The van der Waals surface area contributed by atoms with Crippen LogP contribution in [0.1, 0.15) is 31.2 Å².